The van der Waals surface area contributed by atoms with Crippen molar-refractivity contribution in [2.24, 2.45) is 0 Å². The van der Waals surface area contributed by atoms with Gasteiger partial charge in [-0.1, -0.05) is 17.7 Å². The van der Waals surface area contributed by atoms with E-state index in [1.165, 1.54) is 0 Å². The van der Waals surface area contributed by atoms with Gasteiger partial charge in [0, 0.05) is 17.2 Å². The van der Waals surface area contributed by atoms with Crippen LogP contribution >= 0.6 is 11.6 Å². The van der Waals surface area contributed by atoms with E-state index in [9.17, 15) is 13.6 Å². The Balaban J connectivity index is 1.64. The molecule has 27 heavy (non-hydrogen) atoms. The van der Waals surface area contributed by atoms with Crippen LogP contribution in [0.15, 0.2) is 42.0 Å². The van der Waals surface area contributed by atoms with Crippen molar-refractivity contribution in [3.63, 3.8) is 0 Å². The summed E-state index contributed by atoms with van der Waals surface area (Å²) in [5.74, 6) is 1.46. The van der Waals surface area contributed by atoms with Crippen LogP contribution in [0.3, 0.4) is 0 Å². The molecule has 2 aromatic carbocycles. The van der Waals surface area contributed by atoms with Gasteiger partial charge in [0.2, 0.25) is 0 Å². The molecule has 0 unspecified atom stereocenters. The van der Waals surface area contributed by atoms with Crippen LogP contribution < -0.4 is 14.2 Å². The van der Waals surface area contributed by atoms with Crippen LogP contribution in [0.25, 0.3) is 6.08 Å². The topological polar surface area (TPSA) is 44.8 Å². The number of fused-ring (bicyclic) bond motifs is 1. The fraction of sp³-hybridized carbons (Fsp3) is 0.250. The highest BCUT2D eigenvalue weighted by atomic mass is 35.5. The van der Waals surface area contributed by atoms with Gasteiger partial charge < -0.3 is 14.2 Å². The second-order valence-corrected chi connectivity index (χ2v) is 6.33. The van der Waals surface area contributed by atoms with Crippen LogP contribution in [0.2, 0.25) is 5.02 Å². The molecule has 1 heterocycles. The van der Waals surface area contributed by atoms with Crippen molar-refractivity contribution in [3.8, 4) is 17.2 Å². The second-order valence-electron chi connectivity index (χ2n) is 5.93. The molecule has 0 bridgehead atoms. The van der Waals surface area contributed by atoms with Gasteiger partial charge in [0.25, 0.3) is 0 Å². The standard InChI is InChI=1S/C20H17ClF2O4/c21-18-6-13(1-4-19(18)27-17(8-22)9-23)11-25-16-3-2-15-5-14(10-24)12-26-20(15)7-16/h1-7,10,17H,8-9,11-12H2. The largest absolute Gasteiger partial charge is 0.489 e. The highest BCUT2D eigenvalue weighted by molar-refractivity contribution is 6.32. The molecule has 1 aliphatic rings. The molecule has 3 rings (SSSR count). The molecule has 0 saturated carbocycles. The Morgan fingerprint density at radius 3 is 2.70 bits per heavy atom. The van der Waals surface area contributed by atoms with Gasteiger partial charge in [0.05, 0.1) is 5.02 Å². The third-order valence-corrected chi connectivity index (χ3v) is 4.21. The normalized spacial score (nSPS) is 12.8. The Labute approximate surface area is 160 Å². The molecule has 142 valence electrons. The average Bonchev–Trinajstić information content (AvgIpc) is 2.71. The van der Waals surface area contributed by atoms with Gasteiger partial charge in [-0.25, -0.2) is 8.78 Å². The number of halogens is 3. The molecular formula is C20H17ClF2O4. The molecular weight excluding hydrogens is 378 g/mol. The summed E-state index contributed by atoms with van der Waals surface area (Å²) in [6, 6.07) is 10.2. The highest BCUT2D eigenvalue weighted by Crippen LogP contribution is 2.31. The number of hydrogen-bond acceptors (Lipinski definition) is 4. The molecule has 2 aromatic rings. The molecule has 0 atom stereocenters. The van der Waals surface area contributed by atoms with E-state index in [0.717, 1.165) is 17.4 Å². The quantitative estimate of drug-likeness (QED) is 0.615. The predicted molar refractivity (Wildman–Crippen MR) is 98.1 cm³/mol. The number of hydrogen-bond donors (Lipinski definition) is 0. The van der Waals surface area contributed by atoms with Crippen LogP contribution in [-0.2, 0) is 11.4 Å². The third kappa shape index (κ3) is 4.77. The maximum atomic E-state index is 12.6. The Morgan fingerprint density at radius 1 is 1.19 bits per heavy atom. The van der Waals surface area contributed by atoms with Crippen molar-refractivity contribution in [2.45, 2.75) is 12.7 Å². The summed E-state index contributed by atoms with van der Waals surface area (Å²) >= 11 is 6.11. The molecule has 7 heteroatoms. The lowest BCUT2D eigenvalue weighted by Crippen LogP contribution is -2.21. The van der Waals surface area contributed by atoms with E-state index in [-0.39, 0.29) is 24.0 Å². The molecule has 0 amide bonds. The van der Waals surface area contributed by atoms with Gasteiger partial charge in [-0.15, -0.1) is 0 Å². The fourth-order valence-electron chi connectivity index (χ4n) is 2.50. The van der Waals surface area contributed by atoms with Crippen LogP contribution in [-0.4, -0.2) is 32.3 Å². The highest BCUT2D eigenvalue weighted by Gasteiger charge is 2.14. The lowest BCUT2D eigenvalue weighted by atomic mass is 10.1. The lowest BCUT2D eigenvalue weighted by molar-refractivity contribution is -0.105. The van der Waals surface area contributed by atoms with Gasteiger partial charge in [-0.05, 0) is 35.9 Å². The molecule has 0 aromatic heterocycles. The van der Waals surface area contributed by atoms with Crippen molar-refractivity contribution < 1.29 is 27.8 Å². The number of alkyl halides is 2. The van der Waals surface area contributed by atoms with E-state index in [0.29, 0.717) is 17.1 Å². The van der Waals surface area contributed by atoms with Crippen LogP contribution in [0, 0.1) is 0 Å². The summed E-state index contributed by atoms with van der Waals surface area (Å²) in [4.78, 5) is 10.8. The number of ether oxygens (including phenoxy) is 3. The number of rotatable bonds is 8. The van der Waals surface area contributed by atoms with Gasteiger partial charge in [-0.2, -0.15) is 0 Å². The van der Waals surface area contributed by atoms with Gasteiger partial charge in [0.15, 0.2) is 6.10 Å². The van der Waals surface area contributed by atoms with E-state index in [2.05, 4.69) is 0 Å². The first-order valence-corrected chi connectivity index (χ1v) is 8.63. The van der Waals surface area contributed by atoms with Gasteiger partial charge >= 0.3 is 0 Å². The Morgan fingerprint density at radius 2 is 2.00 bits per heavy atom. The van der Waals surface area contributed by atoms with Crippen molar-refractivity contribution in [2.75, 3.05) is 20.0 Å². The Kier molecular flexibility index (Phi) is 6.29. The van der Waals surface area contributed by atoms with Crippen LogP contribution in [0.5, 0.6) is 17.2 Å². The first-order valence-electron chi connectivity index (χ1n) is 8.25. The van der Waals surface area contributed by atoms with E-state index in [4.69, 9.17) is 25.8 Å². The van der Waals surface area contributed by atoms with Crippen LogP contribution in [0.4, 0.5) is 8.78 Å². The minimum Gasteiger partial charge on any atom is -0.489 e. The number of carbonyl (C=O) groups is 1. The zero-order chi connectivity index (χ0) is 19.2. The summed E-state index contributed by atoms with van der Waals surface area (Å²) in [6.45, 7) is -1.39. The summed E-state index contributed by atoms with van der Waals surface area (Å²) in [5.41, 5.74) is 2.16. The Hall–Kier alpha value is -2.60. The zero-order valence-corrected chi connectivity index (χ0v) is 15.0. The second kappa shape index (κ2) is 8.86. The van der Waals surface area contributed by atoms with Crippen molar-refractivity contribution in [1.82, 2.24) is 0 Å². The molecule has 0 aliphatic carbocycles. The first-order chi connectivity index (χ1) is 13.1. The molecule has 1 aliphatic heterocycles. The summed E-state index contributed by atoms with van der Waals surface area (Å²) < 4.78 is 41.6. The van der Waals surface area contributed by atoms with Crippen molar-refractivity contribution in [3.05, 3.63) is 58.1 Å². The minimum atomic E-state index is -1.16. The third-order valence-electron chi connectivity index (χ3n) is 3.91. The first kappa shape index (κ1) is 19.2. The van der Waals surface area contributed by atoms with E-state index in [1.54, 1.807) is 36.4 Å². The average molecular weight is 395 g/mol. The van der Waals surface area contributed by atoms with E-state index in [1.807, 2.05) is 6.07 Å². The van der Waals surface area contributed by atoms with Gasteiger partial charge in [0.1, 0.15) is 50.1 Å². The molecule has 4 nitrogen and oxygen atoms in total. The summed E-state index contributed by atoms with van der Waals surface area (Å²) in [5, 5.41) is 0.253. The monoisotopic (exact) mass is 394 g/mol. The molecule has 0 saturated heterocycles. The molecule has 0 N–H and O–H groups in total. The van der Waals surface area contributed by atoms with E-state index >= 15 is 0 Å². The molecule has 0 spiro atoms. The Bertz CT molecular complexity index is 850. The van der Waals surface area contributed by atoms with Crippen molar-refractivity contribution in [1.29, 1.82) is 0 Å². The van der Waals surface area contributed by atoms with Gasteiger partial charge in [-0.3, -0.25) is 4.79 Å². The summed E-state index contributed by atoms with van der Waals surface area (Å²) in [7, 11) is 0. The predicted octanol–water partition coefficient (Wildman–Crippen LogP) is 4.58. The minimum absolute atomic E-state index is 0.223. The van der Waals surface area contributed by atoms with Crippen molar-refractivity contribution >= 4 is 24.0 Å². The number of carbonyl (C=O) groups excluding carboxylic acids is 1. The van der Waals surface area contributed by atoms with Crippen LogP contribution in [0.1, 0.15) is 11.1 Å². The number of benzene rings is 2. The smallest absolute Gasteiger partial charge is 0.155 e. The maximum absolute atomic E-state index is 12.6. The molecule has 0 fully saturated rings. The lowest BCUT2D eigenvalue weighted by Gasteiger charge is -2.17. The SMILES string of the molecule is O=CC1=Cc2ccc(OCc3ccc(OC(CF)CF)c(Cl)c3)cc2OC1. The zero-order valence-electron chi connectivity index (χ0n) is 14.3. The fourth-order valence-corrected chi connectivity index (χ4v) is 2.75. The summed E-state index contributed by atoms with van der Waals surface area (Å²) in [6.07, 6.45) is 1.39. The molecule has 0 radical (unpaired) electrons. The van der Waals surface area contributed by atoms with E-state index < -0.39 is 19.5 Å². The number of aldehydes is 1. The maximum Gasteiger partial charge on any atom is 0.155 e.